The molecule has 3 rings (SSSR count). The van der Waals surface area contributed by atoms with Gasteiger partial charge in [-0.2, -0.15) is 0 Å². The summed E-state index contributed by atoms with van der Waals surface area (Å²) >= 11 is 0. The van der Waals surface area contributed by atoms with E-state index in [9.17, 15) is 4.79 Å². The van der Waals surface area contributed by atoms with E-state index in [0.29, 0.717) is 13.2 Å². The van der Waals surface area contributed by atoms with Crippen molar-refractivity contribution < 1.29 is 9.53 Å². The van der Waals surface area contributed by atoms with E-state index in [-0.39, 0.29) is 11.6 Å². The number of nitrogens with zero attached hydrogens (tertiary/aromatic N) is 1. The lowest BCUT2D eigenvalue weighted by molar-refractivity contribution is -0.168. The van der Waals surface area contributed by atoms with Gasteiger partial charge in [-0.3, -0.25) is 0 Å². The molecule has 0 radical (unpaired) electrons. The number of rotatable bonds is 1. The zero-order valence-corrected chi connectivity index (χ0v) is 9.90. The number of hydrogen-bond acceptors (Lipinski definition) is 2. The van der Waals surface area contributed by atoms with Crippen LogP contribution in [0.2, 0.25) is 0 Å². The van der Waals surface area contributed by atoms with Crippen LogP contribution < -0.4 is 5.32 Å². The van der Waals surface area contributed by atoms with Gasteiger partial charge in [-0.25, -0.2) is 4.79 Å². The highest BCUT2D eigenvalue weighted by molar-refractivity contribution is 5.91. The molecule has 0 bridgehead atoms. The molecule has 2 aliphatic rings. The molecule has 17 heavy (non-hydrogen) atoms. The van der Waals surface area contributed by atoms with E-state index in [0.717, 1.165) is 24.2 Å². The number of urea groups is 1. The fraction of sp³-hybridized carbons (Fsp3) is 0.462. The predicted octanol–water partition coefficient (Wildman–Crippen LogP) is 2.00. The fourth-order valence-corrected chi connectivity index (χ4v) is 2.39. The highest BCUT2D eigenvalue weighted by Gasteiger charge is 2.53. The lowest BCUT2D eigenvalue weighted by Gasteiger charge is -2.57. The molecule has 4 nitrogen and oxygen atoms in total. The van der Waals surface area contributed by atoms with E-state index in [1.807, 2.05) is 36.1 Å². The molecule has 2 amide bonds. The minimum Gasteiger partial charge on any atom is -0.376 e. The molecule has 2 heterocycles. The van der Waals surface area contributed by atoms with Gasteiger partial charge in [-0.05, 0) is 25.0 Å². The molecule has 1 spiro atoms. The van der Waals surface area contributed by atoms with Crippen molar-refractivity contribution in [2.75, 3.05) is 25.1 Å². The highest BCUT2D eigenvalue weighted by Crippen LogP contribution is 2.37. The molecule has 1 N–H and O–H groups in total. The van der Waals surface area contributed by atoms with Crippen LogP contribution in [0.1, 0.15) is 12.0 Å². The Morgan fingerprint density at radius 1 is 1.41 bits per heavy atom. The first-order valence-electron chi connectivity index (χ1n) is 5.93. The Balaban J connectivity index is 1.70. The fourth-order valence-electron chi connectivity index (χ4n) is 2.39. The number of aryl methyl sites for hydroxylation is 1. The average Bonchev–Trinajstić information content (AvgIpc) is 2.17. The van der Waals surface area contributed by atoms with Crippen LogP contribution in [0.15, 0.2) is 24.3 Å². The third-order valence-corrected chi connectivity index (χ3v) is 3.75. The maximum atomic E-state index is 12.1. The predicted molar refractivity (Wildman–Crippen MR) is 65.1 cm³/mol. The van der Waals surface area contributed by atoms with Gasteiger partial charge in [0.15, 0.2) is 0 Å². The number of ether oxygens (including phenoxy) is 1. The zero-order chi connectivity index (χ0) is 11.9. The van der Waals surface area contributed by atoms with Gasteiger partial charge in [0.1, 0.15) is 0 Å². The summed E-state index contributed by atoms with van der Waals surface area (Å²) in [4.78, 5) is 14.0. The van der Waals surface area contributed by atoms with E-state index < -0.39 is 0 Å². The molecule has 90 valence electrons. The first kappa shape index (κ1) is 10.6. The standard InChI is InChI=1S/C13H16N2O2/c1-10-4-2-3-5-11(10)14-12(16)15-7-6-13(15)8-17-9-13/h2-5H,6-9H2,1H3,(H,14,16). The summed E-state index contributed by atoms with van der Waals surface area (Å²) in [6, 6.07) is 7.82. The Morgan fingerprint density at radius 3 is 2.71 bits per heavy atom. The Hall–Kier alpha value is -1.55. The average molecular weight is 232 g/mol. The van der Waals surface area contributed by atoms with Crippen LogP contribution in [0.3, 0.4) is 0 Å². The maximum Gasteiger partial charge on any atom is 0.322 e. The van der Waals surface area contributed by atoms with Gasteiger partial charge in [0.2, 0.25) is 0 Å². The molecule has 1 aromatic carbocycles. The van der Waals surface area contributed by atoms with Crippen molar-refractivity contribution in [1.29, 1.82) is 0 Å². The first-order valence-corrected chi connectivity index (χ1v) is 5.93. The molecule has 4 heteroatoms. The van der Waals surface area contributed by atoms with Crippen molar-refractivity contribution in [3.8, 4) is 0 Å². The molecule has 0 unspecified atom stereocenters. The van der Waals surface area contributed by atoms with Crippen LogP contribution in [0.25, 0.3) is 0 Å². The number of carbonyl (C=O) groups is 1. The van der Waals surface area contributed by atoms with Crippen LogP contribution in [0.5, 0.6) is 0 Å². The van der Waals surface area contributed by atoms with E-state index >= 15 is 0 Å². The lowest BCUT2D eigenvalue weighted by atomic mass is 9.83. The minimum absolute atomic E-state index is 0.00569. The molecular formula is C13H16N2O2. The van der Waals surface area contributed by atoms with Gasteiger partial charge < -0.3 is 15.0 Å². The lowest BCUT2D eigenvalue weighted by Crippen LogP contribution is -2.72. The molecule has 0 aliphatic carbocycles. The van der Waals surface area contributed by atoms with Crippen molar-refractivity contribution in [1.82, 2.24) is 4.90 Å². The topological polar surface area (TPSA) is 41.6 Å². The Kier molecular flexibility index (Phi) is 2.33. The van der Waals surface area contributed by atoms with E-state index in [1.54, 1.807) is 0 Å². The smallest absolute Gasteiger partial charge is 0.322 e. The van der Waals surface area contributed by atoms with Crippen molar-refractivity contribution in [3.63, 3.8) is 0 Å². The monoisotopic (exact) mass is 232 g/mol. The molecular weight excluding hydrogens is 216 g/mol. The van der Waals surface area contributed by atoms with Crippen molar-refractivity contribution in [3.05, 3.63) is 29.8 Å². The summed E-state index contributed by atoms with van der Waals surface area (Å²) < 4.78 is 5.21. The number of nitrogens with one attached hydrogen (secondary N) is 1. The summed E-state index contributed by atoms with van der Waals surface area (Å²) in [5.41, 5.74) is 1.98. The summed E-state index contributed by atoms with van der Waals surface area (Å²) in [7, 11) is 0. The Bertz CT molecular complexity index is 449. The van der Waals surface area contributed by atoms with Gasteiger partial charge in [-0.15, -0.1) is 0 Å². The van der Waals surface area contributed by atoms with Crippen molar-refractivity contribution >= 4 is 11.7 Å². The number of hydrogen-bond donors (Lipinski definition) is 1. The van der Waals surface area contributed by atoms with Crippen LogP contribution >= 0.6 is 0 Å². The number of para-hydroxylation sites is 1. The van der Waals surface area contributed by atoms with Crippen LogP contribution in [0.4, 0.5) is 10.5 Å². The number of amides is 2. The summed E-state index contributed by atoms with van der Waals surface area (Å²) in [5, 5.41) is 2.97. The van der Waals surface area contributed by atoms with E-state index in [2.05, 4.69) is 5.32 Å². The van der Waals surface area contributed by atoms with Gasteiger partial charge in [0, 0.05) is 12.2 Å². The van der Waals surface area contributed by atoms with Crippen LogP contribution in [-0.4, -0.2) is 36.2 Å². The zero-order valence-electron chi connectivity index (χ0n) is 9.90. The summed E-state index contributed by atoms with van der Waals surface area (Å²) in [6.07, 6.45) is 1.06. The SMILES string of the molecule is Cc1ccccc1NC(=O)N1CCC12COC2. The van der Waals surface area contributed by atoms with E-state index in [1.165, 1.54) is 0 Å². The molecule has 0 atom stereocenters. The molecule has 1 aromatic rings. The Morgan fingerprint density at radius 2 is 2.18 bits per heavy atom. The normalized spacial score (nSPS) is 20.6. The Labute approximate surface area is 101 Å². The van der Waals surface area contributed by atoms with Gasteiger partial charge in [-0.1, -0.05) is 18.2 Å². The van der Waals surface area contributed by atoms with Crippen LogP contribution in [0, 0.1) is 6.92 Å². The highest BCUT2D eigenvalue weighted by atomic mass is 16.5. The second-order valence-electron chi connectivity index (χ2n) is 4.86. The molecule has 2 aliphatic heterocycles. The molecule has 2 fully saturated rings. The third-order valence-electron chi connectivity index (χ3n) is 3.75. The number of benzene rings is 1. The van der Waals surface area contributed by atoms with Crippen molar-refractivity contribution in [2.45, 2.75) is 18.9 Å². The first-order chi connectivity index (χ1) is 8.21. The van der Waals surface area contributed by atoms with Gasteiger partial charge in [0.05, 0.1) is 18.8 Å². The largest absolute Gasteiger partial charge is 0.376 e. The van der Waals surface area contributed by atoms with Gasteiger partial charge in [0.25, 0.3) is 0 Å². The third kappa shape index (κ3) is 1.60. The van der Waals surface area contributed by atoms with E-state index in [4.69, 9.17) is 4.74 Å². The number of carbonyl (C=O) groups excluding carboxylic acids is 1. The summed E-state index contributed by atoms with van der Waals surface area (Å²) in [5.74, 6) is 0. The molecule has 2 saturated heterocycles. The maximum absolute atomic E-state index is 12.1. The second kappa shape index (κ2) is 3.74. The molecule has 0 saturated carbocycles. The molecule has 0 aromatic heterocycles. The number of anilines is 1. The quantitative estimate of drug-likeness (QED) is 0.804. The van der Waals surface area contributed by atoms with Crippen LogP contribution in [-0.2, 0) is 4.74 Å². The summed E-state index contributed by atoms with van der Waals surface area (Å²) in [6.45, 7) is 4.21. The number of likely N-dealkylation sites (tertiary alicyclic amines) is 1. The minimum atomic E-state index is -0.00569. The van der Waals surface area contributed by atoms with Crippen molar-refractivity contribution in [2.24, 2.45) is 0 Å². The second-order valence-corrected chi connectivity index (χ2v) is 4.86. The van der Waals surface area contributed by atoms with Gasteiger partial charge >= 0.3 is 6.03 Å².